The number of rotatable bonds is 6. The first-order chi connectivity index (χ1) is 9.24. The molecule has 1 N–H and O–H groups in total. The van der Waals surface area contributed by atoms with E-state index in [1.807, 2.05) is 0 Å². The number of oxazole rings is 1. The Morgan fingerprint density at radius 3 is 2.95 bits per heavy atom. The average Bonchev–Trinajstić information content (AvgIpc) is 2.87. The van der Waals surface area contributed by atoms with Crippen LogP contribution in [0, 0.1) is 5.82 Å². The van der Waals surface area contributed by atoms with Crippen molar-refractivity contribution in [3.8, 4) is 17.1 Å². The fourth-order valence-electron chi connectivity index (χ4n) is 1.71. The molecule has 0 bridgehead atoms. The van der Waals surface area contributed by atoms with E-state index in [1.54, 1.807) is 12.1 Å². The molecule has 5 heteroatoms. The number of nitrogens with zero attached hydrogens (tertiary/aromatic N) is 1. The van der Waals surface area contributed by atoms with Crippen LogP contribution in [0.1, 0.15) is 19.2 Å². The topological polar surface area (TPSA) is 47.3 Å². The van der Waals surface area contributed by atoms with Crippen LogP contribution in [0.4, 0.5) is 4.39 Å². The van der Waals surface area contributed by atoms with Gasteiger partial charge in [-0.25, -0.2) is 9.37 Å². The van der Waals surface area contributed by atoms with E-state index >= 15 is 0 Å². The number of ether oxygens (including phenoxy) is 1. The lowest BCUT2D eigenvalue weighted by Crippen LogP contribution is -2.13. The highest BCUT2D eigenvalue weighted by Crippen LogP contribution is 2.26. The Morgan fingerprint density at radius 2 is 2.26 bits per heavy atom. The summed E-state index contributed by atoms with van der Waals surface area (Å²) in [6.45, 7) is 3.53. The lowest BCUT2D eigenvalue weighted by Gasteiger charge is -2.02. The van der Waals surface area contributed by atoms with Gasteiger partial charge in [0.1, 0.15) is 11.6 Å². The molecule has 102 valence electrons. The molecule has 2 rings (SSSR count). The number of hydrogen-bond donors (Lipinski definition) is 1. The van der Waals surface area contributed by atoms with Gasteiger partial charge >= 0.3 is 0 Å². The highest BCUT2D eigenvalue weighted by molar-refractivity contribution is 5.58. The second kappa shape index (κ2) is 6.33. The van der Waals surface area contributed by atoms with Crippen molar-refractivity contribution in [1.29, 1.82) is 0 Å². The van der Waals surface area contributed by atoms with Crippen LogP contribution in [0.2, 0.25) is 0 Å². The van der Waals surface area contributed by atoms with E-state index in [9.17, 15) is 4.39 Å². The zero-order valence-electron chi connectivity index (χ0n) is 11.1. The van der Waals surface area contributed by atoms with Crippen LogP contribution >= 0.6 is 0 Å². The highest BCUT2D eigenvalue weighted by Gasteiger charge is 2.11. The molecule has 1 aromatic heterocycles. The second-order valence-corrected chi connectivity index (χ2v) is 4.14. The number of benzene rings is 1. The summed E-state index contributed by atoms with van der Waals surface area (Å²) in [6.07, 6.45) is 2.58. The van der Waals surface area contributed by atoms with Crippen molar-refractivity contribution in [2.75, 3.05) is 13.7 Å². The van der Waals surface area contributed by atoms with Gasteiger partial charge in [-0.05, 0) is 25.1 Å². The number of methoxy groups -OCH3 is 1. The third kappa shape index (κ3) is 3.32. The summed E-state index contributed by atoms with van der Waals surface area (Å²) < 4.78 is 24.3. The third-order valence-corrected chi connectivity index (χ3v) is 2.70. The molecule has 0 spiro atoms. The third-order valence-electron chi connectivity index (χ3n) is 2.70. The molecule has 0 radical (unpaired) electrons. The molecule has 4 nitrogen and oxygen atoms in total. The van der Waals surface area contributed by atoms with Gasteiger partial charge in [0.05, 0.1) is 25.4 Å². The summed E-state index contributed by atoms with van der Waals surface area (Å²) in [5.74, 6) is 1.07. The molecule has 0 saturated carbocycles. The molecule has 19 heavy (non-hydrogen) atoms. The van der Waals surface area contributed by atoms with Crippen molar-refractivity contribution in [2.45, 2.75) is 19.9 Å². The van der Waals surface area contributed by atoms with Crippen LogP contribution in [-0.2, 0) is 6.54 Å². The van der Waals surface area contributed by atoms with E-state index in [0.717, 1.165) is 13.0 Å². The van der Waals surface area contributed by atoms with Gasteiger partial charge in [0, 0.05) is 6.07 Å². The minimum atomic E-state index is -0.386. The molecule has 0 aliphatic heterocycles. The fraction of sp³-hybridized carbons (Fsp3) is 0.357. The molecule has 0 saturated heterocycles. The Balaban J connectivity index is 2.13. The Morgan fingerprint density at radius 1 is 1.42 bits per heavy atom. The van der Waals surface area contributed by atoms with Gasteiger partial charge < -0.3 is 14.5 Å². The largest absolute Gasteiger partial charge is 0.497 e. The van der Waals surface area contributed by atoms with Crippen LogP contribution in [-0.4, -0.2) is 18.6 Å². The molecule has 0 atom stereocenters. The SMILES string of the molecule is CCCNCc1ncc(-c2ccc(OC)cc2F)o1. The Labute approximate surface area is 111 Å². The smallest absolute Gasteiger partial charge is 0.208 e. The standard InChI is InChI=1S/C14H17FN2O2/c1-3-6-16-9-14-17-8-13(19-14)11-5-4-10(18-2)7-12(11)15/h4-5,7-8,16H,3,6,9H2,1-2H3. The minimum absolute atomic E-state index is 0.384. The number of aromatic nitrogens is 1. The number of halogens is 1. The lowest BCUT2D eigenvalue weighted by molar-refractivity contribution is 0.411. The molecular formula is C14H17FN2O2. The summed E-state index contributed by atoms with van der Waals surface area (Å²) in [6, 6.07) is 4.64. The van der Waals surface area contributed by atoms with Crippen LogP contribution in [0.5, 0.6) is 5.75 Å². The average molecular weight is 264 g/mol. The van der Waals surface area contributed by atoms with E-state index in [0.29, 0.717) is 29.5 Å². The Hall–Kier alpha value is -1.88. The van der Waals surface area contributed by atoms with Gasteiger partial charge in [0.15, 0.2) is 5.76 Å². The molecular weight excluding hydrogens is 247 g/mol. The van der Waals surface area contributed by atoms with E-state index in [2.05, 4.69) is 17.2 Å². The first kappa shape index (κ1) is 13.5. The summed E-state index contributed by atoms with van der Waals surface area (Å²) in [5.41, 5.74) is 0.384. The van der Waals surface area contributed by atoms with Gasteiger partial charge in [0.25, 0.3) is 0 Å². The van der Waals surface area contributed by atoms with Crippen LogP contribution < -0.4 is 10.1 Å². The normalized spacial score (nSPS) is 10.7. The molecule has 1 aromatic carbocycles. The zero-order valence-corrected chi connectivity index (χ0v) is 11.1. The van der Waals surface area contributed by atoms with Gasteiger partial charge in [0.2, 0.25) is 5.89 Å². The molecule has 0 aliphatic rings. The fourth-order valence-corrected chi connectivity index (χ4v) is 1.71. The quantitative estimate of drug-likeness (QED) is 0.815. The zero-order chi connectivity index (χ0) is 13.7. The van der Waals surface area contributed by atoms with Gasteiger partial charge in [-0.15, -0.1) is 0 Å². The molecule has 1 heterocycles. The van der Waals surface area contributed by atoms with Gasteiger partial charge in [-0.1, -0.05) is 6.92 Å². The van der Waals surface area contributed by atoms with Crippen molar-refractivity contribution in [1.82, 2.24) is 10.3 Å². The predicted molar refractivity (Wildman–Crippen MR) is 70.4 cm³/mol. The molecule has 0 fully saturated rings. The van der Waals surface area contributed by atoms with Crippen LogP contribution in [0.15, 0.2) is 28.8 Å². The number of hydrogen-bond acceptors (Lipinski definition) is 4. The minimum Gasteiger partial charge on any atom is -0.497 e. The maximum absolute atomic E-state index is 13.9. The van der Waals surface area contributed by atoms with Crippen molar-refractivity contribution in [3.05, 3.63) is 36.1 Å². The number of nitrogens with one attached hydrogen (secondary N) is 1. The Bertz CT molecular complexity index is 540. The Kier molecular flexibility index (Phi) is 4.52. The second-order valence-electron chi connectivity index (χ2n) is 4.14. The summed E-state index contributed by atoms with van der Waals surface area (Å²) in [4.78, 5) is 4.12. The summed E-state index contributed by atoms with van der Waals surface area (Å²) in [5, 5.41) is 3.18. The van der Waals surface area contributed by atoms with Gasteiger partial charge in [-0.2, -0.15) is 0 Å². The lowest BCUT2D eigenvalue weighted by atomic mass is 10.1. The first-order valence-corrected chi connectivity index (χ1v) is 6.24. The van der Waals surface area contributed by atoms with Crippen molar-refractivity contribution in [2.24, 2.45) is 0 Å². The predicted octanol–water partition coefficient (Wildman–Crippen LogP) is 2.99. The van der Waals surface area contributed by atoms with Crippen LogP contribution in [0.25, 0.3) is 11.3 Å². The maximum atomic E-state index is 13.9. The van der Waals surface area contributed by atoms with Crippen molar-refractivity contribution < 1.29 is 13.5 Å². The molecule has 2 aromatic rings. The van der Waals surface area contributed by atoms with Crippen LogP contribution in [0.3, 0.4) is 0 Å². The van der Waals surface area contributed by atoms with Gasteiger partial charge in [-0.3, -0.25) is 0 Å². The van der Waals surface area contributed by atoms with Crippen molar-refractivity contribution in [3.63, 3.8) is 0 Å². The van der Waals surface area contributed by atoms with E-state index in [-0.39, 0.29) is 5.82 Å². The highest BCUT2D eigenvalue weighted by atomic mass is 19.1. The first-order valence-electron chi connectivity index (χ1n) is 6.24. The molecule has 0 amide bonds. The van der Waals surface area contributed by atoms with E-state index in [1.165, 1.54) is 19.4 Å². The summed E-state index contributed by atoms with van der Waals surface area (Å²) >= 11 is 0. The van der Waals surface area contributed by atoms with Crippen molar-refractivity contribution >= 4 is 0 Å². The molecule has 0 unspecified atom stereocenters. The maximum Gasteiger partial charge on any atom is 0.208 e. The van der Waals surface area contributed by atoms with E-state index < -0.39 is 0 Å². The van der Waals surface area contributed by atoms with E-state index in [4.69, 9.17) is 9.15 Å². The molecule has 0 aliphatic carbocycles. The summed E-state index contributed by atoms with van der Waals surface area (Å²) in [7, 11) is 1.50. The monoisotopic (exact) mass is 264 g/mol.